The third-order valence-corrected chi connectivity index (χ3v) is 3.74. The first-order valence-corrected chi connectivity index (χ1v) is 5.61. The quantitative estimate of drug-likeness (QED) is 0.610. The summed E-state index contributed by atoms with van der Waals surface area (Å²) in [7, 11) is 0. The average molecular weight is 179 g/mol. The number of hydrogen-bond donors (Lipinski definition) is 1. The van der Waals surface area contributed by atoms with Crippen molar-refractivity contribution in [3.8, 4) is 0 Å². The smallest absolute Gasteiger partial charge is 0.0108 e. The van der Waals surface area contributed by atoms with Crippen molar-refractivity contribution in [1.29, 1.82) is 0 Å². The molecular weight excluding hydrogens is 158 g/mol. The maximum absolute atomic E-state index is 3.68. The van der Waals surface area contributed by atoms with Crippen LogP contribution >= 0.6 is 0 Å². The second-order valence-electron chi connectivity index (χ2n) is 4.99. The fraction of sp³-hybridized carbons (Fsp3) is 0.833. The van der Waals surface area contributed by atoms with E-state index in [1.54, 1.807) is 11.1 Å². The normalized spacial score (nSPS) is 32.8. The summed E-state index contributed by atoms with van der Waals surface area (Å²) in [5, 5.41) is 3.68. The Hall–Kier alpha value is -0.300. The van der Waals surface area contributed by atoms with Crippen molar-refractivity contribution < 1.29 is 0 Å². The summed E-state index contributed by atoms with van der Waals surface area (Å²) >= 11 is 0. The van der Waals surface area contributed by atoms with Crippen molar-refractivity contribution >= 4 is 0 Å². The van der Waals surface area contributed by atoms with E-state index in [4.69, 9.17) is 0 Å². The molecule has 2 atom stereocenters. The van der Waals surface area contributed by atoms with Crippen LogP contribution in [0.4, 0.5) is 0 Å². The Morgan fingerprint density at radius 1 is 1.23 bits per heavy atom. The molecule has 2 heterocycles. The molecule has 1 heteroatoms. The van der Waals surface area contributed by atoms with Crippen molar-refractivity contribution in [1.82, 2.24) is 5.32 Å². The molecule has 2 bridgehead atoms. The lowest BCUT2D eigenvalue weighted by Crippen LogP contribution is -2.35. The van der Waals surface area contributed by atoms with Crippen LogP contribution < -0.4 is 5.32 Å². The monoisotopic (exact) mass is 179 g/mol. The van der Waals surface area contributed by atoms with Gasteiger partial charge in [-0.05, 0) is 38.5 Å². The van der Waals surface area contributed by atoms with Gasteiger partial charge in [0, 0.05) is 12.1 Å². The Balaban J connectivity index is 2.13. The van der Waals surface area contributed by atoms with Crippen molar-refractivity contribution in [3.63, 3.8) is 0 Å². The second-order valence-corrected chi connectivity index (χ2v) is 4.99. The summed E-state index contributed by atoms with van der Waals surface area (Å²) in [6, 6.07) is 1.62. The van der Waals surface area contributed by atoms with Crippen LogP contribution in [0.2, 0.25) is 0 Å². The van der Waals surface area contributed by atoms with E-state index in [0.29, 0.717) is 0 Å². The summed E-state index contributed by atoms with van der Waals surface area (Å²) < 4.78 is 0. The van der Waals surface area contributed by atoms with Gasteiger partial charge >= 0.3 is 0 Å². The van der Waals surface area contributed by atoms with E-state index in [2.05, 4.69) is 26.1 Å². The molecule has 0 aromatic heterocycles. The summed E-state index contributed by atoms with van der Waals surface area (Å²) in [6.07, 6.45) is 5.44. The van der Waals surface area contributed by atoms with Gasteiger partial charge < -0.3 is 5.32 Å². The third kappa shape index (κ3) is 1.80. The molecule has 2 aliphatic heterocycles. The first kappa shape index (κ1) is 9.26. The number of allylic oxidation sites excluding steroid dienone is 1. The lowest BCUT2D eigenvalue weighted by atomic mass is 9.90. The van der Waals surface area contributed by atoms with Crippen LogP contribution in [-0.2, 0) is 0 Å². The molecule has 1 nitrogen and oxygen atoms in total. The van der Waals surface area contributed by atoms with Crippen molar-refractivity contribution in [2.45, 2.75) is 58.5 Å². The molecule has 0 spiro atoms. The van der Waals surface area contributed by atoms with Crippen LogP contribution in [0.3, 0.4) is 0 Å². The Morgan fingerprint density at radius 3 is 2.23 bits per heavy atom. The predicted octanol–water partition coefficient (Wildman–Crippen LogP) is 2.87. The van der Waals surface area contributed by atoms with Gasteiger partial charge in [0.2, 0.25) is 0 Å². The first-order valence-electron chi connectivity index (χ1n) is 5.61. The summed E-state index contributed by atoms with van der Waals surface area (Å²) in [6.45, 7) is 6.95. The van der Waals surface area contributed by atoms with Gasteiger partial charge in [0.1, 0.15) is 0 Å². The summed E-state index contributed by atoms with van der Waals surface area (Å²) in [5.74, 6) is 0.743. The Morgan fingerprint density at radius 2 is 1.77 bits per heavy atom. The van der Waals surface area contributed by atoms with E-state index in [-0.39, 0.29) is 0 Å². The zero-order valence-corrected chi connectivity index (χ0v) is 9.06. The zero-order valence-electron chi connectivity index (χ0n) is 9.06. The van der Waals surface area contributed by atoms with Crippen molar-refractivity contribution in [2.24, 2.45) is 5.92 Å². The van der Waals surface area contributed by atoms with E-state index in [0.717, 1.165) is 18.0 Å². The molecule has 0 aromatic rings. The van der Waals surface area contributed by atoms with E-state index < -0.39 is 0 Å². The Kier molecular flexibility index (Phi) is 2.46. The summed E-state index contributed by atoms with van der Waals surface area (Å²) in [4.78, 5) is 0. The predicted molar refractivity (Wildman–Crippen MR) is 56.7 cm³/mol. The molecule has 0 aromatic carbocycles. The Bertz CT molecular complexity index is 213. The fourth-order valence-corrected chi connectivity index (χ4v) is 2.63. The van der Waals surface area contributed by atoms with Gasteiger partial charge in [0.25, 0.3) is 0 Å². The molecule has 2 rings (SSSR count). The SMILES string of the molecule is CC(=C1CC2CCC(C1)N2)C(C)C. The maximum Gasteiger partial charge on any atom is 0.0108 e. The molecule has 0 radical (unpaired) electrons. The standard InChI is InChI=1S/C12H21N/c1-8(2)9(3)10-6-11-4-5-12(7-10)13-11/h8,11-13H,4-7H2,1-3H3. The molecular formula is C12H21N. The molecule has 74 valence electrons. The van der Waals surface area contributed by atoms with Crippen LogP contribution in [0.1, 0.15) is 46.5 Å². The highest BCUT2D eigenvalue weighted by Gasteiger charge is 2.30. The van der Waals surface area contributed by atoms with E-state index in [9.17, 15) is 0 Å². The Labute approximate surface area is 81.6 Å². The molecule has 2 aliphatic rings. The second kappa shape index (κ2) is 3.45. The molecule has 2 fully saturated rings. The van der Waals surface area contributed by atoms with Gasteiger partial charge in [-0.25, -0.2) is 0 Å². The minimum Gasteiger partial charge on any atom is -0.311 e. The van der Waals surface area contributed by atoms with Crippen molar-refractivity contribution in [2.75, 3.05) is 0 Å². The molecule has 0 saturated carbocycles. The van der Waals surface area contributed by atoms with Crippen LogP contribution in [0.15, 0.2) is 11.1 Å². The minimum absolute atomic E-state index is 0.743. The maximum atomic E-state index is 3.68. The summed E-state index contributed by atoms with van der Waals surface area (Å²) in [5.41, 5.74) is 3.40. The molecule has 1 N–H and O–H groups in total. The van der Waals surface area contributed by atoms with Crippen LogP contribution in [0.25, 0.3) is 0 Å². The van der Waals surface area contributed by atoms with Crippen LogP contribution in [0.5, 0.6) is 0 Å². The van der Waals surface area contributed by atoms with Crippen LogP contribution in [0, 0.1) is 5.92 Å². The van der Waals surface area contributed by atoms with Gasteiger partial charge in [-0.2, -0.15) is 0 Å². The van der Waals surface area contributed by atoms with E-state index in [1.165, 1.54) is 25.7 Å². The number of hydrogen-bond acceptors (Lipinski definition) is 1. The third-order valence-electron chi connectivity index (χ3n) is 3.74. The first-order chi connectivity index (χ1) is 6.16. The fourth-order valence-electron chi connectivity index (χ4n) is 2.63. The van der Waals surface area contributed by atoms with Gasteiger partial charge in [-0.1, -0.05) is 25.0 Å². The average Bonchev–Trinajstić information content (AvgIpc) is 2.44. The lowest BCUT2D eigenvalue weighted by molar-refractivity contribution is 0.466. The van der Waals surface area contributed by atoms with Gasteiger partial charge in [-0.15, -0.1) is 0 Å². The number of piperidine rings is 1. The molecule has 0 amide bonds. The molecule has 0 aliphatic carbocycles. The molecule has 2 unspecified atom stereocenters. The topological polar surface area (TPSA) is 12.0 Å². The van der Waals surface area contributed by atoms with E-state index >= 15 is 0 Å². The molecule has 2 saturated heterocycles. The minimum atomic E-state index is 0.743. The highest BCUT2D eigenvalue weighted by atomic mass is 15.0. The van der Waals surface area contributed by atoms with Gasteiger partial charge in [-0.3, -0.25) is 0 Å². The van der Waals surface area contributed by atoms with Gasteiger partial charge in [0.05, 0.1) is 0 Å². The zero-order chi connectivity index (χ0) is 9.42. The van der Waals surface area contributed by atoms with Crippen molar-refractivity contribution in [3.05, 3.63) is 11.1 Å². The number of rotatable bonds is 1. The largest absolute Gasteiger partial charge is 0.311 e. The highest BCUT2D eigenvalue weighted by molar-refractivity contribution is 5.20. The molecule has 13 heavy (non-hydrogen) atoms. The number of nitrogens with one attached hydrogen (secondary N) is 1. The van der Waals surface area contributed by atoms with Crippen LogP contribution in [-0.4, -0.2) is 12.1 Å². The lowest BCUT2D eigenvalue weighted by Gasteiger charge is -2.26. The highest BCUT2D eigenvalue weighted by Crippen LogP contribution is 2.33. The van der Waals surface area contributed by atoms with Gasteiger partial charge in [0.15, 0.2) is 0 Å². The van der Waals surface area contributed by atoms with E-state index in [1.807, 2.05) is 0 Å². The number of fused-ring (bicyclic) bond motifs is 2.